The van der Waals surface area contributed by atoms with Crippen LogP contribution in [0.4, 0.5) is 5.69 Å². The van der Waals surface area contributed by atoms with Gasteiger partial charge in [0.15, 0.2) is 11.5 Å². The second kappa shape index (κ2) is 13.0. The van der Waals surface area contributed by atoms with Gasteiger partial charge >= 0.3 is 0 Å². The van der Waals surface area contributed by atoms with E-state index >= 15 is 0 Å². The third-order valence-corrected chi connectivity index (χ3v) is 5.43. The Hall–Kier alpha value is -4.02. The number of nitrogens with zero attached hydrogens (tertiary/aromatic N) is 1. The summed E-state index contributed by atoms with van der Waals surface area (Å²) in [5.74, 6) is 1.19. The zero-order valence-electron chi connectivity index (χ0n) is 19.3. The first-order valence-electron chi connectivity index (χ1n) is 10.9. The number of carbonyl (C=O) groups is 1. The van der Waals surface area contributed by atoms with Gasteiger partial charge in [-0.3, -0.25) is 4.79 Å². The number of amides is 1. The molecule has 0 aliphatic heterocycles. The molecule has 0 aromatic heterocycles. The van der Waals surface area contributed by atoms with Gasteiger partial charge in [-0.2, -0.15) is 5.26 Å². The summed E-state index contributed by atoms with van der Waals surface area (Å²) < 4.78 is 17.7. The molecule has 35 heavy (non-hydrogen) atoms. The summed E-state index contributed by atoms with van der Waals surface area (Å²) in [5, 5.41) is 12.4. The third kappa shape index (κ3) is 7.49. The van der Waals surface area contributed by atoms with Crippen LogP contribution in [0.2, 0.25) is 0 Å². The lowest BCUT2D eigenvalue weighted by Crippen LogP contribution is -2.13. The van der Waals surface area contributed by atoms with E-state index in [0.717, 1.165) is 5.56 Å². The van der Waals surface area contributed by atoms with E-state index in [9.17, 15) is 10.1 Å². The molecule has 0 unspecified atom stereocenters. The van der Waals surface area contributed by atoms with Crippen molar-refractivity contribution in [3.8, 4) is 23.3 Å². The molecule has 0 fully saturated rings. The SMILES string of the molecule is C=CCOc1cc(Br)c(/C=C(\C#N)C(=O)Nc2ccc(OCc3ccccc3)cc2)cc1OCC. The van der Waals surface area contributed by atoms with Crippen molar-refractivity contribution < 1.29 is 19.0 Å². The van der Waals surface area contributed by atoms with Gasteiger partial charge in [0.2, 0.25) is 0 Å². The number of hydrogen-bond acceptors (Lipinski definition) is 5. The Kier molecular flexibility index (Phi) is 9.52. The summed E-state index contributed by atoms with van der Waals surface area (Å²) in [4.78, 5) is 12.8. The Labute approximate surface area is 213 Å². The summed E-state index contributed by atoms with van der Waals surface area (Å²) in [7, 11) is 0. The largest absolute Gasteiger partial charge is 0.490 e. The van der Waals surface area contributed by atoms with Gasteiger partial charge in [-0.15, -0.1) is 0 Å². The molecule has 0 saturated carbocycles. The minimum absolute atomic E-state index is 0.0580. The fourth-order valence-corrected chi connectivity index (χ4v) is 3.51. The van der Waals surface area contributed by atoms with Crippen molar-refractivity contribution in [1.29, 1.82) is 5.26 Å². The minimum Gasteiger partial charge on any atom is -0.490 e. The maximum atomic E-state index is 12.8. The zero-order valence-corrected chi connectivity index (χ0v) is 20.9. The Balaban J connectivity index is 1.71. The number of anilines is 1. The molecule has 1 amide bonds. The molecule has 1 N–H and O–H groups in total. The molecule has 0 aliphatic carbocycles. The van der Waals surface area contributed by atoms with Crippen molar-refractivity contribution in [3.63, 3.8) is 0 Å². The molecule has 0 saturated heterocycles. The number of benzene rings is 3. The van der Waals surface area contributed by atoms with Gasteiger partial charge in [0.1, 0.15) is 30.6 Å². The first kappa shape index (κ1) is 25.6. The van der Waals surface area contributed by atoms with Crippen molar-refractivity contribution in [1.82, 2.24) is 0 Å². The van der Waals surface area contributed by atoms with Crippen LogP contribution in [0.5, 0.6) is 17.2 Å². The van der Waals surface area contributed by atoms with Crippen molar-refractivity contribution in [2.24, 2.45) is 0 Å². The second-order valence-corrected chi connectivity index (χ2v) is 8.13. The molecule has 3 rings (SSSR count). The number of rotatable bonds is 11. The number of carbonyl (C=O) groups excluding carboxylic acids is 1. The highest BCUT2D eigenvalue weighted by Crippen LogP contribution is 2.35. The number of nitriles is 1. The Bertz CT molecular complexity index is 1230. The van der Waals surface area contributed by atoms with Gasteiger partial charge in [-0.05, 0) is 60.5 Å². The first-order valence-corrected chi connectivity index (χ1v) is 11.7. The van der Waals surface area contributed by atoms with Crippen molar-refractivity contribution >= 4 is 33.6 Å². The maximum absolute atomic E-state index is 12.8. The fourth-order valence-electron chi connectivity index (χ4n) is 3.07. The van der Waals surface area contributed by atoms with E-state index in [0.29, 0.717) is 52.8 Å². The lowest BCUT2D eigenvalue weighted by Gasteiger charge is -2.13. The summed E-state index contributed by atoms with van der Waals surface area (Å²) in [6.07, 6.45) is 3.13. The van der Waals surface area contributed by atoms with E-state index in [4.69, 9.17) is 14.2 Å². The number of halogens is 1. The fraction of sp³-hybridized carbons (Fsp3) is 0.143. The molecule has 0 radical (unpaired) electrons. The predicted molar refractivity (Wildman–Crippen MR) is 140 cm³/mol. The highest BCUT2D eigenvalue weighted by Gasteiger charge is 2.14. The number of ether oxygens (including phenoxy) is 3. The van der Waals surface area contributed by atoms with E-state index in [1.165, 1.54) is 6.08 Å². The van der Waals surface area contributed by atoms with E-state index in [1.807, 2.05) is 43.3 Å². The molecule has 3 aromatic carbocycles. The van der Waals surface area contributed by atoms with Crippen LogP contribution >= 0.6 is 15.9 Å². The van der Waals surface area contributed by atoms with E-state index in [1.54, 1.807) is 42.5 Å². The molecule has 0 bridgehead atoms. The first-order chi connectivity index (χ1) is 17.0. The van der Waals surface area contributed by atoms with Crippen molar-refractivity contribution in [2.45, 2.75) is 13.5 Å². The average molecular weight is 533 g/mol. The van der Waals surface area contributed by atoms with Crippen LogP contribution in [0.1, 0.15) is 18.1 Å². The molecular weight excluding hydrogens is 508 g/mol. The van der Waals surface area contributed by atoms with E-state index in [-0.39, 0.29) is 5.57 Å². The minimum atomic E-state index is -0.526. The van der Waals surface area contributed by atoms with Gasteiger partial charge in [0.05, 0.1) is 6.61 Å². The summed E-state index contributed by atoms with van der Waals surface area (Å²) >= 11 is 3.48. The van der Waals surface area contributed by atoms with Gasteiger partial charge in [0.25, 0.3) is 5.91 Å². The van der Waals surface area contributed by atoms with Crippen LogP contribution in [-0.2, 0) is 11.4 Å². The van der Waals surface area contributed by atoms with Crippen molar-refractivity contribution in [2.75, 3.05) is 18.5 Å². The molecular formula is C28H25BrN2O4. The molecule has 0 spiro atoms. The zero-order chi connectivity index (χ0) is 25.0. The van der Waals surface area contributed by atoms with Crippen LogP contribution in [0.15, 0.2) is 89.4 Å². The number of hydrogen-bond donors (Lipinski definition) is 1. The predicted octanol–water partition coefficient (Wildman–Crippen LogP) is 6.54. The smallest absolute Gasteiger partial charge is 0.266 e. The molecule has 0 aliphatic rings. The summed E-state index contributed by atoms with van der Waals surface area (Å²) in [5.41, 5.74) is 2.16. The molecule has 3 aromatic rings. The molecule has 6 nitrogen and oxygen atoms in total. The van der Waals surface area contributed by atoms with Gasteiger partial charge in [-0.1, -0.05) is 58.9 Å². The molecule has 0 heterocycles. The van der Waals surface area contributed by atoms with Crippen LogP contribution < -0.4 is 19.5 Å². The van der Waals surface area contributed by atoms with Crippen LogP contribution in [0.3, 0.4) is 0 Å². The summed E-state index contributed by atoms with van der Waals surface area (Å²) in [6.45, 7) is 6.72. The topological polar surface area (TPSA) is 80.6 Å². The standard InChI is InChI=1S/C28H25BrN2O4/c1-3-14-34-27-17-25(29)21(16-26(27)33-4-2)15-22(18-30)28(32)31-23-10-12-24(13-11-23)35-19-20-8-6-5-7-9-20/h3,5-13,15-17H,1,4,14,19H2,2H3,(H,31,32)/b22-15+. The van der Waals surface area contributed by atoms with Crippen LogP contribution in [0, 0.1) is 11.3 Å². The third-order valence-electron chi connectivity index (χ3n) is 4.74. The van der Waals surface area contributed by atoms with Gasteiger partial charge < -0.3 is 19.5 Å². The molecule has 178 valence electrons. The lowest BCUT2D eigenvalue weighted by atomic mass is 10.1. The quantitative estimate of drug-likeness (QED) is 0.172. The highest BCUT2D eigenvalue weighted by molar-refractivity contribution is 9.10. The Morgan fingerprint density at radius 2 is 1.77 bits per heavy atom. The Morgan fingerprint density at radius 3 is 2.43 bits per heavy atom. The average Bonchev–Trinajstić information content (AvgIpc) is 2.88. The highest BCUT2D eigenvalue weighted by atomic mass is 79.9. The normalized spacial score (nSPS) is 10.7. The maximum Gasteiger partial charge on any atom is 0.266 e. The molecule has 0 atom stereocenters. The lowest BCUT2D eigenvalue weighted by molar-refractivity contribution is -0.112. The van der Waals surface area contributed by atoms with Gasteiger partial charge in [0, 0.05) is 10.2 Å². The second-order valence-electron chi connectivity index (χ2n) is 7.28. The van der Waals surface area contributed by atoms with Crippen LogP contribution in [-0.4, -0.2) is 19.1 Å². The van der Waals surface area contributed by atoms with Crippen LogP contribution in [0.25, 0.3) is 6.08 Å². The van der Waals surface area contributed by atoms with Crippen molar-refractivity contribution in [3.05, 3.63) is 101 Å². The van der Waals surface area contributed by atoms with E-state index in [2.05, 4.69) is 27.8 Å². The summed E-state index contributed by atoms with van der Waals surface area (Å²) in [6, 6.07) is 22.2. The molecule has 7 heteroatoms. The van der Waals surface area contributed by atoms with Gasteiger partial charge in [-0.25, -0.2) is 0 Å². The number of nitrogens with one attached hydrogen (secondary N) is 1. The monoisotopic (exact) mass is 532 g/mol. The Morgan fingerprint density at radius 1 is 1.06 bits per heavy atom. The van der Waals surface area contributed by atoms with E-state index < -0.39 is 5.91 Å².